The quantitative estimate of drug-likeness (QED) is 0.670. The van der Waals surface area contributed by atoms with Crippen LogP contribution in [0.3, 0.4) is 0 Å². The number of carbonyl (C=O) groups is 1. The number of fused-ring (bicyclic) bond motifs is 1. The Morgan fingerprint density at radius 1 is 1.19 bits per heavy atom. The Morgan fingerprint density at radius 2 is 1.91 bits per heavy atom. The molecule has 1 aliphatic carbocycles. The topological polar surface area (TPSA) is 89.0 Å². The third kappa shape index (κ3) is 4.20. The fourth-order valence-corrected chi connectivity index (χ4v) is 5.49. The largest absolute Gasteiger partial charge is 0.474 e. The molecule has 0 saturated carbocycles. The highest BCUT2D eigenvalue weighted by Gasteiger charge is 2.43. The molecule has 4 rings (SSSR count). The number of pyridine rings is 1. The Bertz CT molecular complexity index is 1060. The number of allylic oxidation sites excluding steroid dienone is 3. The summed E-state index contributed by atoms with van der Waals surface area (Å²) < 4.78 is 77.8. The van der Waals surface area contributed by atoms with Crippen LogP contribution in [-0.4, -0.2) is 69.8 Å². The molecule has 0 N–H and O–H groups in total. The Balaban J connectivity index is 1.65. The average Bonchev–Trinajstić information content (AvgIpc) is 2.77. The van der Waals surface area contributed by atoms with Gasteiger partial charge in [-0.3, -0.25) is 9.10 Å². The number of nitrogens with zero attached hydrogens (tertiary/aromatic N) is 3. The molecule has 3 heterocycles. The molecule has 0 aromatic carbocycles. The van der Waals surface area contributed by atoms with E-state index in [1.54, 1.807) is 4.90 Å². The van der Waals surface area contributed by atoms with Crippen LogP contribution in [0.2, 0.25) is 0 Å². The second kappa shape index (κ2) is 8.39. The number of ether oxygens (including phenoxy) is 2. The van der Waals surface area contributed by atoms with Crippen molar-refractivity contribution in [3.63, 3.8) is 0 Å². The summed E-state index contributed by atoms with van der Waals surface area (Å²) in [6, 6.07) is 1.39. The molecule has 1 fully saturated rings. The first-order valence-electron chi connectivity index (χ1n) is 10.1. The van der Waals surface area contributed by atoms with Gasteiger partial charge in [-0.1, -0.05) is 19.1 Å². The summed E-state index contributed by atoms with van der Waals surface area (Å²) in [4.78, 5) is 18.3. The number of halogens is 3. The lowest BCUT2D eigenvalue weighted by Gasteiger charge is -2.32. The fraction of sp³-hybridized carbons (Fsp3) is 0.500. The maximum absolute atomic E-state index is 13.3. The van der Waals surface area contributed by atoms with Crippen LogP contribution in [0.4, 0.5) is 18.9 Å². The molecule has 1 aromatic rings. The van der Waals surface area contributed by atoms with Crippen molar-refractivity contribution in [1.29, 1.82) is 0 Å². The third-order valence-electron chi connectivity index (χ3n) is 5.61. The van der Waals surface area contributed by atoms with Gasteiger partial charge in [-0.05, 0) is 18.1 Å². The lowest BCUT2D eigenvalue weighted by atomic mass is 9.89. The fourth-order valence-electron chi connectivity index (χ4n) is 3.89. The SMILES string of the molecule is CC1C=C(S(=O)(=O)N2CCOc3ncc(C(=O)N4CCOCC4)cc32)C=CC1C(F)(F)F. The molecule has 1 saturated heterocycles. The van der Waals surface area contributed by atoms with Gasteiger partial charge in [0.05, 0.1) is 36.1 Å². The lowest BCUT2D eigenvalue weighted by Crippen LogP contribution is -2.41. The van der Waals surface area contributed by atoms with Gasteiger partial charge in [-0.15, -0.1) is 0 Å². The summed E-state index contributed by atoms with van der Waals surface area (Å²) in [5.74, 6) is -3.07. The molecule has 1 amide bonds. The summed E-state index contributed by atoms with van der Waals surface area (Å²) in [6.07, 6.45) is -0.179. The van der Waals surface area contributed by atoms with Crippen molar-refractivity contribution < 1.29 is 35.9 Å². The zero-order valence-corrected chi connectivity index (χ0v) is 18.0. The number of sulfonamides is 1. The Morgan fingerprint density at radius 3 is 2.56 bits per heavy atom. The van der Waals surface area contributed by atoms with E-state index in [-0.39, 0.29) is 41.1 Å². The number of rotatable bonds is 3. The Hall–Kier alpha value is -2.60. The number of anilines is 1. The smallest absolute Gasteiger partial charge is 0.395 e. The van der Waals surface area contributed by atoms with E-state index in [0.29, 0.717) is 26.3 Å². The third-order valence-corrected chi connectivity index (χ3v) is 7.43. The molecular formula is C20H22F3N3O5S. The van der Waals surface area contributed by atoms with Crippen molar-refractivity contribution in [3.05, 3.63) is 41.0 Å². The molecule has 2 unspecified atom stereocenters. The van der Waals surface area contributed by atoms with E-state index < -0.39 is 28.0 Å². The molecule has 0 radical (unpaired) electrons. The number of hydrogen-bond donors (Lipinski definition) is 0. The molecule has 174 valence electrons. The molecule has 8 nitrogen and oxygen atoms in total. The maximum Gasteiger partial charge on any atom is 0.395 e. The van der Waals surface area contributed by atoms with Crippen molar-refractivity contribution in [3.8, 4) is 5.88 Å². The van der Waals surface area contributed by atoms with Crippen LogP contribution in [0.25, 0.3) is 0 Å². The van der Waals surface area contributed by atoms with Gasteiger partial charge in [0.25, 0.3) is 15.9 Å². The minimum atomic E-state index is -4.47. The van der Waals surface area contributed by atoms with Gasteiger partial charge >= 0.3 is 6.18 Å². The summed E-state index contributed by atoms with van der Waals surface area (Å²) in [7, 11) is -4.19. The summed E-state index contributed by atoms with van der Waals surface area (Å²) in [6.45, 7) is 2.92. The second-order valence-electron chi connectivity index (χ2n) is 7.73. The number of amides is 1. The van der Waals surface area contributed by atoms with Gasteiger partial charge in [0.15, 0.2) is 0 Å². The van der Waals surface area contributed by atoms with Crippen molar-refractivity contribution >= 4 is 21.6 Å². The number of alkyl halides is 3. The average molecular weight is 473 g/mol. The number of carbonyl (C=O) groups excluding carboxylic acids is 1. The summed E-state index contributed by atoms with van der Waals surface area (Å²) in [5.41, 5.74) is 0.269. The van der Waals surface area contributed by atoms with E-state index >= 15 is 0 Å². The van der Waals surface area contributed by atoms with Crippen molar-refractivity contribution in [2.45, 2.75) is 13.1 Å². The normalized spacial score (nSPS) is 23.9. The zero-order chi connectivity index (χ0) is 23.1. The lowest BCUT2D eigenvalue weighted by molar-refractivity contribution is -0.169. The van der Waals surface area contributed by atoms with Crippen LogP contribution in [0.5, 0.6) is 5.88 Å². The number of morpholine rings is 1. The van der Waals surface area contributed by atoms with Crippen molar-refractivity contribution in [2.24, 2.45) is 11.8 Å². The first kappa shape index (κ1) is 22.6. The molecule has 0 bridgehead atoms. The summed E-state index contributed by atoms with van der Waals surface area (Å²) >= 11 is 0. The van der Waals surface area contributed by atoms with Gasteiger partial charge in [-0.25, -0.2) is 13.4 Å². The molecular weight excluding hydrogens is 451 g/mol. The van der Waals surface area contributed by atoms with Gasteiger partial charge in [0, 0.05) is 19.3 Å². The number of aromatic nitrogens is 1. The predicted molar refractivity (Wildman–Crippen MR) is 109 cm³/mol. The predicted octanol–water partition coefficient (Wildman–Crippen LogP) is 2.35. The zero-order valence-electron chi connectivity index (χ0n) is 17.2. The van der Waals surface area contributed by atoms with E-state index in [1.165, 1.54) is 19.2 Å². The first-order valence-corrected chi connectivity index (χ1v) is 11.5. The molecule has 1 aromatic heterocycles. The summed E-state index contributed by atoms with van der Waals surface area (Å²) in [5, 5.41) is 0. The van der Waals surface area contributed by atoms with E-state index in [4.69, 9.17) is 9.47 Å². The minimum Gasteiger partial charge on any atom is -0.474 e. The minimum absolute atomic E-state index is 0.0215. The highest BCUT2D eigenvalue weighted by molar-refractivity contribution is 7.96. The van der Waals surface area contributed by atoms with Gasteiger partial charge in [-0.2, -0.15) is 13.2 Å². The van der Waals surface area contributed by atoms with Gasteiger partial charge < -0.3 is 14.4 Å². The molecule has 2 atom stereocenters. The van der Waals surface area contributed by atoms with Crippen LogP contribution >= 0.6 is 0 Å². The van der Waals surface area contributed by atoms with Crippen molar-refractivity contribution in [1.82, 2.24) is 9.88 Å². The van der Waals surface area contributed by atoms with Crippen LogP contribution in [0.15, 0.2) is 35.4 Å². The van der Waals surface area contributed by atoms with E-state index in [9.17, 15) is 26.4 Å². The first-order chi connectivity index (χ1) is 15.1. The van der Waals surface area contributed by atoms with Crippen LogP contribution in [0.1, 0.15) is 17.3 Å². The highest BCUT2D eigenvalue weighted by atomic mass is 32.2. The van der Waals surface area contributed by atoms with Crippen LogP contribution in [0, 0.1) is 11.8 Å². The van der Waals surface area contributed by atoms with Gasteiger partial charge in [0.2, 0.25) is 5.88 Å². The monoisotopic (exact) mass is 473 g/mol. The highest BCUT2D eigenvalue weighted by Crippen LogP contribution is 2.40. The molecule has 12 heteroatoms. The maximum atomic E-state index is 13.3. The molecule has 32 heavy (non-hydrogen) atoms. The molecule has 3 aliphatic rings. The van der Waals surface area contributed by atoms with E-state index in [2.05, 4.69) is 4.98 Å². The van der Waals surface area contributed by atoms with E-state index in [1.807, 2.05) is 0 Å². The molecule has 0 spiro atoms. The molecule has 2 aliphatic heterocycles. The second-order valence-corrected chi connectivity index (χ2v) is 9.60. The van der Waals surface area contributed by atoms with Crippen molar-refractivity contribution in [2.75, 3.05) is 43.8 Å². The Kier molecular flexibility index (Phi) is 5.93. The van der Waals surface area contributed by atoms with Crippen LogP contribution in [-0.2, 0) is 14.8 Å². The number of hydrogen-bond acceptors (Lipinski definition) is 6. The Labute approximate surface area is 183 Å². The standard InChI is InChI=1S/C20H22F3N3O5S/c1-13-10-15(2-3-16(13)20(21,22)23)32(28,29)26-6-9-31-18-17(26)11-14(12-24-18)19(27)25-4-7-30-8-5-25/h2-3,10-13,16H,4-9H2,1H3. The van der Waals surface area contributed by atoms with Crippen LogP contribution < -0.4 is 9.04 Å². The van der Waals surface area contributed by atoms with E-state index in [0.717, 1.165) is 22.5 Å². The van der Waals surface area contributed by atoms with Gasteiger partial charge in [0.1, 0.15) is 12.3 Å².